The molecule has 5 heteroatoms. The van der Waals surface area contributed by atoms with Crippen LogP contribution in [0.1, 0.15) is 12.0 Å². The molecule has 1 N–H and O–H groups in total. The number of hydrogen-bond acceptors (Lipinski definition) is 1. The van der Waals surface area contributed by atoms with Gasteiger partial charge in [0.1, 0.15) is 11.6 Å². The van der Waals surface area contributed by atoms with Crippen LogP contribution in [0.3, 0.4) is 0 Å². The van der Waals surface area contributed by atoms with Gasteiger partial charge >= 0.3 is 0 Å². The number of nitrogens with one attached hydrogen (secondary N) is 1. The lowest BCUT2D eigenvalue weighted by atomic mass is 10.2. The summed E-state index contributed by atoms with van der Waals surface area (Å²) < 4.78 is 28.0. The molecule has 0 aromatic heterocycles. The maximum absolute atomic E-state index is 13.4. The highest BCUT2D eigenvalue weighted by molar-refractivity contribution is 14.1. The fraction of sp³-hybridized carbons (Fsp3) is 0.400. The summed E-state index contributed by atoms with van der Waals surface area (Å²) >= 11 is 5.30. The van der Waals surface area contributed by atoms with Gasteiger partial charge in [-0.2, -0.15) is 0 Å². The van der Waals surface area contributed by atoms with Crippen LogP contribution in [0.25, 0.3) is 0 Å². The van der Waals surface area contributed by atoms with Gasteiger partial charge in [-0.15, -0.1) is 0 Å². The zero-order chi connectivity index (χ0) is 11.3. The lowest BCUT2D eigenvalue weighted by Crippen LogP contribution is -2.17. The smallest absolute Gasteiger partial charge is 0.144 e. The summed E-state index contributed by atoms with van der Waals surface area (Å²) in [6, 6.07) is 2.64. The number of rotatable bonds is 5. The molecule has 0 aliphatic rings. The first-order chi connectivity index (χ1) is 7.16. The lowest BCUT2D eigenvalue weighted by Gasteiger charge is -2.07. The predicted octanol–water partition coefficient (Wildman–Crippen LogP) is 3.64. The molecule has 0 bridgehead atoms. The minimum Gasteiger partial charge on any atom is -0.312 e. The Morgan fingerprint density at radius 3 is 2.73 bits per heavy atom. The van der Waals surface area contributed by atoms with E-state index in [1.807, 2.05) is 0 Å². The molecule has 0 unspecified atom stereocenters. The third-order valence-corrected chi connectivity index (χ3v) is 3.30. The van der Waals surface area contributed by atoms with E-state index in [9.17, 15) is 8.78 Å². The van der Waals surface area contributed by atoms with Crippen molar-refractivity contribution >= 4 is 38.5 Å². The van der Waals surface area contributed by atoms with E-state index in [4.69, 9.17) is 0 Å². The van der Waals surface area contributed by atoms with Crippen molar-refractivity contribution in [1.29, 1.82) is 0 Å². The molecule has 0 heterocycles. The van der Waals surface area contributed by atoms with Crippen molar-refractivity contribution < 1.29 is 8.78 Å². The highest BCUT2D eigenvalue weighted by Crippen LogP contribution is 2.21. The molecule has 1 rings (SSSR count). The van der Waals surface area contributed by atoms with Crippen LogP contribution in [0.15, 0.2) is 16.6 Å². The van der Waals surface area contributed by atoms with Gasteiger partial charge in [-0.25, -0.2) is 8.78 Å². The Hall–Kier alpha value is 0.250. The molecule has 0 atom stereocenters. The van der Waals surface area contributed by atoms with Gasteiger partial charge in [-0.3, -0.25) is 0 Å². The molecule has 0 aliphatic heterocycles. The number of hydrogen-bond donors (Lipinski definition) is 1. The fourth-order valence-electron chi connectivity index (χ4n) is 1.14. The molecule has 0 radical (unpaired) electrons. The standard InChI is InChI=1S/C10H11BrF2IN/c11-8-2-3-9(12)7(10(8)13)6-15-5-1-4-14/h2-3,15H,1,4-6H2. The third-order valence-electron chi connectivity index (χ3n) is 1.93. The summed E-state index contributed by atoms with van der Waals surface area (Å²) in [6.07, 6.45) is 0.998. The van der Waals surface area contributed by atoms with Crippen LogP contribution in [0, 0.1) is 11.6 Å². The highest BCUT2D eigenvalue weighted by Gasteiger charge is 2.11. The van der Waals surface area contributed by atoms with Crippen molar-refractivity contribution in [1.82, 2.24) is 5.32 Å². The van der Waals surface area contributed by atoms with Crippen LogP contribution >= 0.6 is 38.5 Å². The molecule has 0 spiro atoms. The average molecular weight is 390 g/mol. The van der Waals surface area contributed by atoms with E-state index in [1.165, 1.54) is 12.1 Å². The van der Waals surface area contributed by atoms with Crippen molar-refractivity contribution in [3.63, 3.8) is 0 Å². The third kappa shape index (κ3) is 3.96. The van der Waals surface area contributed by atoms with Gasteiger partial charge in [-0.1, -0.05) is 22.6 Å². The van der Waals surface area contributed by atoms with E-state index >= 15 is 0 Å². The van der Waals surface area contributed by atoms with Gasteiger partial charge < -0.3 is 5.32 Å². The molecular weight excluding hydrogens is 379 g/mol. The van der Waals surface area contributed by atoms with Crippen molar-refractivity contribution in [3.8, 4) is 0 Å². The number of halogens is 4. The zero-order valence-corrected chi connectivity index (χ0v) is 11.7. The predicted molar refractivity (Wildman–Crippen MR) is 69.3 cm³/mol. The topological polar surface area (TPSA) is 12.0 Å². The van der Waals surface area contributed by atoms with Crippen molar-refractivity contribution in [2.45, 2.75) is 13.0 Å². The Bertz CT molecular complexity index is 333. The summed E-state index contributed by atoms with van der Waals surface area (Å²) in [5.41, 5.74) is 0.0952. The van der Waals surface area contributed by atoms with E-state index in [0.29, 0.717) is 4.47 Å². The van der Waals surface area contributed by atoms with Crippen LogP contribution in [-0.2, 0) is 6.54 Å². The highest BCUT2D eigenvalue weighted by atomic mass is 127. The molecule has 1 nitrogen and oxygen atoms in total. The Morgan fingerprint density at radius 1 is 1.33 bits per heavy atom. The molecule has 15 heavy (non-hydrogen) atoms. The monoisotopic (exact) mass is 389 g/mol. The van der Waals surface area contributed by atoms with Gasteiger partial charge in [0.15, 0.2) is 0 Å². The van der Waals surface area contributed by atoms with E-state index < -0.39 is 11.6 Å². The van der Waals surface area contributed by atoms with Gasteiger partial charge in [0, 0.05) is 16.5 Å². The van der Waals surface area contributed by atoms with E-state index in [1.54, 1.807) is 0 Å². The van der Waals surface area contributed by atoms with Gasteiger partial charge in [0.05, 0.1) is 4.47 Å². The SMILES string of the molecule is Fc1ccc(Br)c(F)c1CNCCCI. The van der Waals surface area contributed by atoms with Crippen LogP contribution < -0.4 is 5.32 Å². The maximum Gasteiger partial charge on any atom is 0.144 e. The van der Waals surface area contributed by atoms with Gasteiger partial charge in [-0.05, 0) is 41.0 Å². The second-order valence-electron chi connectivity index (χ2n) is 3.04. The molecule has 1 aromatic rings. The van der Waals surface area contributed by atoms with Crippen molar-refractivity contribution in [2.24, 2.45) is 0 Å². The van der Waals surface area contributed by atoms with Crippen LogP contribution in [-0.4, -0.2) is 11.0 Å². The first-order valence-electron chi connectivity index (χ1n) is 4.56. The maximum atomic E-state index is 13.4. The summed E-state index contributed by atoms with van der Waals surface area (Å²) in [4.78, 5) is 0. The first-order valence-corrected chi connectivity index (χ1v) is 6.87. The lowest BCUT2D eigenvalue weighted by molar-refractivity contribution is 0.532. The van der Waals surface area contributed by atoms with Crippen LogP contribution in [0.5, 0.6) is 0 Å². The second kappa shape index (κ2) is 6.75. The largest absolute Gasteiger partial charge is 0.312 e. The van der Waals surface area contributed by atoms with E-state index in [2.05, 4.69) is 43.8 Å². The summed E-state index contributed by atoms with van der Waals surface area (Å²) in [5.74, 6) is -1.02. The van der Waals surface area contributed by atoms with Gasteiger partial charge in [0.2, 0.25) is 0 Å². The molecule has 0 saturated carbocycles. The molecule has 1 aromatic carbocycles. The molecular formula is C10H11BrF2IN. The summed E-state index contributed by atoms with van der Waals surface area (Å²) in [5, 5.41) is 3.01. The van der Waals surface area contributed by atoms with Crippen LogP contribution in [0.2, 0.25) is 0 Å². The minimum atomic E-state index is -0.517. The van der Waals surface area contributed by atoms with Crippen molar-refractivity contribution in [3.05, 3.63) is 33.8 Å². The quantitative estimate of drug-likeness (QED) is 0.351. The Kier molecular flexibility index (Phi) is 5.99. The number of alkyl halides is 1. The molecule has 0 amide bonds. The minimum absolute atomic E-state index is 0.0952. The summed E-state index contributed by atoms with van der Waals surface area (Å²) in [6.45, 7) is 1.00. The molecule has 0 aliphatic carbocycles. The summed E-state index contributed by atoms with van der Waals surface area (Å²) in [7, 11) is 0. The molecule has 0 saturated heterocycles. The van der Waals surface area contributed by atoms with Gasteiger partial charge in [0.25, 0.3) is 0 Å². The Balaban J connectivity index is 2.63. The fourth-order valence-corrected chi connectivity index (χ4v) is 1.89. The first kappa shape index (κ1) is 13.3. The Morgan fingerprint density at radius 2 is 2.07 bits per heavy atom. The van der Waals surface area contributed by atoms with Crippen molar-refractivity contribution in [2.75, 3.05) is 11.0 Å². The molecule has 0 fully saturated rings. The normalized spacial score (nSPS) is 10.7. The average Bonchev–Trinajstić information content (AvgIpc) is 2.23. The Labute approximate surface area is 110 Å². The zero-order valence-electron chi connectivity index (χ0n) is 7.99. The van der Waals surface area contributed by atoms with E-state index in [-0.39, 0.29) is 12.1 Å². The molecule has 84 valence electrons. The van der Waals surface area contributed by atoms with E-state index in [0.717, 1.165) is 17.4 Å². The number of benzene rings is 1. The second-order valence-corrected chi connectivity index (χ2v) is 4.97. The van der Waals surface area contributed by atoms with Crippen LogP contribution in [0.4, 0.5) is 8.78 Å².